The van der Waals surface area contributed by atoms with Crippen LogP contribution < -0.4 is 4.90 Å². The first-order valence-corrected chi connectivity index (χ1v) is 8.84. The van der Waals surface area contributed by atoms with Gasteiger partial charge in [-0.2, -0.15) is 0 Å². The second-order valence-electron chi connectivity index (χ2n) is 7.98. The molecule has 3 rings (SSSR count). The number of imide groups is 2. The summed E-state index contributed by atoms with van der Waals surface area (Å²) in [5.41, 5.74) is 1.62. The van der Waals surface area contributed by atoms with Crippen molar-refractivity contribution in [2.24, 2.45) is 0 Å². The van der Waals surface area contributed by atoms with Gasteiger partial charge in [0.25, 0.3) is 11.8 Å². The van der Waals surface area contributed by atoms with Crippen LogP contribution in [-0.4, -0.2) is 54.3 Å². The third-order valence-electron chi connectivity index (χ3n) is 5.70. The molecule has 1 atom stereocenters. The summed E-state index contributed by atoms with van der Waals surface area (Å²) in [6.07, 6.45) is 2.14. The number of hydrogen-bond acceptors (Lipinski definition) is 4. The number of barbiturate groups is 1. The van der Waals surface area contributed by atoms with Gasteiger partial charge in [-0.3, -0.25) is 19.4 Å². The maximum absolute atomic E-state index is 14.8. The van der Waals surface area contributed by atoms with Gasteiger partial charge in [0.15, 0.2) is 0 Å². The number of halogens is 1. The van der Waals surface area contributed by atoms with E-state index in [1.807, 2.05) is 7.05 Å². The van der Waals surface area contributed by atoms with Crippen LogP contribution in [0.25, 0.3) is 6.08 Å². The molecule has 1 fully saturated rings. The average molecular weight is 373 g/mol. The quantitative estimate of drug-likeness (QED) is 0.561. The number of amides is 4. The first-order chi connectivity index (χ1) is 12.5. The predicted octanol–water partition coefficient (Wildman–Crippen LogP) is 2.98. The first-order valence-electron chi connectivity index (χ1n) is 8.84. The van der Waals surface area contributed by atoms with Crippen molar-refractivity contribution < 1.29 is 18.8 Å². The maximum Gasteiger partial charge on any atom is 0.333 e. The van der Waals surface area contributed by atoms with Gasteiger partial charge in [0.1, 0.15) is 11.4 Å². The average Bonchev–Trinajstić information content (AvgIpc) is 2.60. The number of fused-ring (bicyclic) bond motifs is 1. The van der Waals surface area contributed by atoms with E-state index in [0.717, 1.165) is 27.5 Å². The molecule has 1 saturated heterocycles. The molecule has 0 aliphatic carbocycles. The van der Waals surface area contributed by atoms with Crippen molar-refractivity contribution in [3.63, 3.8) is 0 Å². The molecule has 2 aliphatic rings. The molecule has 1 unspecified atom stereocenters. The van der Waals surface area contributed by atoms with Crippen LogP contribution in [-0.2, 0) is 9.59 Å². The van der Waals surface area contributed by atoms with Gasteiger partial charge in [0, 0.05) is 37.9 Å². The van der Waals surface area contributed by atoms with Crippen LogP contribution in [0.3, 0.4) is 0 Å². The van der Waals surface area contributed by atoms with Crippen molar-refractivity contribution in [2.45, 2.75) is 38.6 Å². The minimum Gasteiger partial charge on any atom is -0.369 e. The Kier molecular flexibility index (Phi) is 4.37. The fourth-order valence-corrected chi connectivity index (χ4v) is 3.85. The summed E-state index contributed by atoms with van der Waals surface area (Å²) in [6.45, 7) is 6.31. The zero-order valence-corrected chi connectivity index (χ0v) is 16.5. The highest BCUT2D eigenvalue weighted by molar-refractivity contribution is 6.30. The molecule has 144 valence electrons. The lowest BCUT2D eigenvalue weighted by Crippen LogP contribution is -2.52. The lowest BCUT2D eigenvalue weighted by Gasteiger charge is -2.45. The van der Waals surface area contributed by atoms with Gasteiger partial charge in [-0.05, 0) is 50.0 Å². The second-order valence-corrected chi connectivity index (χ2v) is 7.98. The highest BCUT2D eigenvalue weighted by atomic mass is 19.1. The van der Waals surface area contributed by atoms with Gasteiger partial charge >= 0.3 is 6.03 Å². The summed E-state index contributed by atoms with van der Waals surface area (Å²) in [5.74, 6) is -1.77. The van der Waals surface area contributed by atoms with Crippen LogP contribution in [0.2, 0.25) is 0 Å². The number of hydrogen-bond donors (Lipinski definition) is 0. The van der Waals surface area contributed by atoms with E-state index in [9.17, 15) is 18.8 Å². The standard InChI is InChI=1S/C20H24FN3O3/c1-11-10-20(2,3)24(6)16-9-15(21)12(7-13(11)16)8-14-17(25)22(4)19(27)23(5)18(14)26/h7-9,11H,10H2,1-6H3. The zero-order valence-electron chi connectivity index (χ0n) is 16.5. The molecule has 1 aromatic rings. The number of carbonyl (C=O) groups is 3. The van der Waals surface area contributed by atoms with Gasteiger partial charge < -0.3 is 4.90 Å². The fraction of sp³-hybridized carbons (Fsp3) is 0.450. The van der Waals surface area contributed by atoms with Crippen molar-refractivity contribution in [3.8, 4) is 0 Å². The molecule has 1 aromatic carbocycles. The normalized spacial score (nSPS) is 22.3. The van der Waals surface area contributed by atoms with E-state index in [2.05, 4.69) is 25.7 Å². The molecular formula is C20H24FN3O3. The van der Waals surface area contributed by atoms with Crippen LogP contribution in [0.1, 0.15) is 44.2 Å². The number of rotatable bonds is 1. The Morgan fingerprint density at radius 1 is 1.07 bits per heavy atom. The maximum atomic E-state index is 14.8. The molecule has 0 aromatic heterocycles. The van der Waals surface area contributed by atoms with Gasteiger partial charge in [-0.25, -0.2) is 9.18 Å². The molecule has 2 aliphatic heterocycles. The van der Waals surface area contributed by atoms with Crippen LogP contribution >= 0.6 is 0 Å². The molecule has 7 heteroatoms. The summed E-state index contributed by atoms with van der Waals surface area (Å²) in [6, 6.07) is 2.45. The summed E-state index contributed by atoms with van der Waals surface area (Å²) in [4.78, 5) is 40.3. The molecule has 4 amide bonds. The first kappa shape index (κ1) is 19.1. The summed E-state index contributed by atoms with van der Waals surface area (Å²) in [7, 11) is 4.53. The van der Waals surface area contributed by atoms with E-state index >= 15 is 0 Å². The van der Waals surface area contributed by atoms with Gasteiger partial charge in [0.05, 0.1) is 0 Å². The highest BCUT2D eigenvalue weighted by Crippen LogP contribution is 2.43. The minimum absolute atomic E-state index is 0.0973. The monoisotopic (exact) mass is 373 g/mol. The molecule has 0 radical (unpaired) electrons. The Bertz CT molecular complexity index is 865. The van der Waals surface area contributed by atoms with E-state index in [0.29, 0.717) is 0 Å². The van der Waals surface area contributed by atoms with Crippen LogP contribution in [0.4, 0.5) is 14.9 Å². The summed E-state index contributed by atoms with van der Waals surface area (Å²) < 4.78 is 14.8. The summed E-state index contributed by atoms with van der Waals surface area (Å²) >= 11 is 0. The molecule has 0 N–H and O–H groups in total. The van der Waals surface area contributed by atoms with Crippen LogP contribution in [0, 0.1) is 5.82 Å². The third kappa shape index (κ3) is 2.91. The number of anilines is 1. The topological polar surface area (TPSA) is 60.9 Å². The van der Waals surface area contributed by atoms with Crippen molar-refractivity contribution in [1.29, 1.82) is 0 Å². The Labute approximate surface area is 158 Å². The van der Waals surface area contributed by atoms with E-state index in [1.165, 1.54) is 26.2 Å². The van der Waals surface area contributed by atoms with Gasteiger partial charge in [0.2, 0.25) is 0 Å². The highest BCUT2D eigenvalue weighted by Gasteiger charge is 2.38. The summed E-state index contributed by atoms with van der Waals surface area (Å²) in [5, 5.41) is 0. The Balaban J connectivity index is 2.10. The second kappa shape index (κ2) is 6.18. The van der Waals surface area contributed by atoms with E-state index < -0.39 is 23.7 Å². The largest absolute Gasteiger partial charge is 0.369 e. The molecule has 0 saturated carbocycles. The van der Waals surface area contributed by atoms with Crippen molar-refractivity contribution in [3.05, 3.63) is 34.6 Å². The van der Waals surface area contributed by atoms with Crippen LogP contribution in [0.5, 0.6) is 0 Å². The van der Waals surface area contributed by atoms with E-state index in [-0.39, 0.29) is 22.6 Å². The zero-order chi connectivity index (χ0) is 20.3. The van der Waals surface area contributed by atoms with Crippen molar-refractivity contribution in [2.75, 3.05) is 26.0 Å². The molecule has 0 spiro atoms. The Hall–Kier alpha value is -2.70. The van der Waals surface area contributed by atoms with Gasteiger partial charge in [-0.1, -0.05) is 6.92 Å². The molecular weight excluding hydrogens is 349 g/mol. The smallest absolute Gasteiger partial charge is 0.333 e. The van der Waals surface area contributed by atoms with Crippen LogP contribution in [0.15, 0.2) is 17.7 Å². The predicted molar refractivity (Wildman–Crippen MR) is 101 cm³/mol. The molecule has 0 bridgehead atoms. The number of likely N-dealkylation sites (N-methyl/N-ethyl adjacent to an activating group) is 2. The molecule has 2 heterocycles. The third-order valence-corrected chi connectivity index (χ3v) is 5.70. The fourth-order valence-electron chi connectivity index (χ4n) is 3.85. The van der Waals surface area contributed by atoms with E-state index in [4.69, 9.17) is 0 Å². The number of carbonyl (C=O) groups excluding carboxylic acids is 3. The Morgan fingerprint density at radius 3 is 2.19 bits per heavy atom. The number of urea groups is 1. The number of nitrogens with zero attached hydrogens (tertiary/aromatic N) is 3. The lowest BCUT2D eigenvalue weighted by molar-refractivity contribution is -0.134. The van der Waals surface area contributed by atoms with Gasteiger partial charge in [-0.15, -0.1) is 0 Å². The lowest BCUT2D eigenvalue weighted by atomic mass is 9.80. The minimum atomic E-state index is -0.730. The SMILES string of the molecule is CC1CC(C)(C)N(C)c2cc(F)c(C=C3C(=O)N(C)C(=O)N(C)C3=O)cc21. The van der Waals surface area contributed by atoms with Crippen molar-refractivity contribution >= 4 is 29.6 Å². The molecule has 27 heavy (non-hydrogen) atoms. The molecule has 6 nitrogen and oxygen atoms in total. The Morgan fingerprint density at radius 2 is 1.63 bits per heavy atom. The van der Waals surface area contributed by atoms with E-state index in [1.54, 1.807) is 6.07 Å². The number of benzene rings is 1. The van der Waals surface area contributed by atoms with Crippen molar-refractivity contribution in [1.82, 2.24) is 9.80 Å².